The number of benzene rings is 3. The van der Waals surface area contributed by atoms with Crippen LogP contribution in [0.5, 0.6) is 5.75 Å². The summed E-state index contributed by atoms with van der Waals surface area (Å²) in [4.78, 5) is 26.6. The monoisotopic (exact) mass is 496 g/mol. The van der Waals surface area contributed by atoms with E-state index in [0.717, 1.165) is 27.9 Å². The molecule has 0 unspecified atom stereocenters. The maximum Gasteiger partial charge on any atom is 0.387 e. The largest absolute Gasteiger partial charge is 0.435 e. The van der Waals surface area contributed by atoms with Crippen molar-refractivity contribution in [2.75, 3.05) is 0 Å². The minimum absolute atomic E-state index is 0.0137. The van der Waals surface area contributed by atoms with E-state index in [2.05, 4.69) is 10.2 Å². The second-order valence-electron chi connectivity index (χ2n) is 7.20. The number of hydrazine groups is 1. The molecular formula is C25H18F2N2O3S2. The van der Waals surface area contributed by atoms with Crippen LogP contribution in [0, 0.1) is 0 Å². The fourth-order valence-corrected chi connectivity index (χ4v) is 4.60. The van der Waals surface area contributed by atoms with Crippen LogP contribution in [0.15, 0.2) is 89.8 Å². The molecule has 5 nitrogen and oxygen atoms in total. The Labute approximate surface area is 204 Å². The van der Waals surface area contributed by atoms with E-state index in [-0.39, 0.29) is 10.1 Å². The van der Waals surface area contributed by atoms with E-state index in [1.807, 2.05) is 60.7 Å². The van der Waals surface area contributed by atoms with Crippen LogP contribution in [0.25, 0.3) is 6.08 Å². The Hall–Kier alpha value is -3.56. The first-order valence-electron chi connectivity index (χ1n) is 10.2. The lowest BCUT2D eigenvalue weighted by molar-refractivity contribution is -0.133. The number of halogens is 2. The Balaban J connectivity index is 1.53. The smallest absolute Gasteiger partial charge is 0.387 e. The molecule has 3 aromatic rings. The summed E-state index contributed by atoms with van der Waals surface area (Å²) >= 11 is 6.37. The van der Waals surface area contributed by atoms with Gasteiger partial charge in [-0.05, 0) is 47.1 Å². The first kappa shape index (κ1) is 23.6. The topological polar surface area (TPSA) is 58.6 Å². The van der Waals surface area contributed by atoms with Crippen LogP contribution in [-0.2, 0) is 9.59 Å². The van der Waals surface area contributed by atoms with E-state index in [1.54, 1.807) is 18.2 Å². The molecule has 0 saturated carbocycles. The van der Waals surface area contributed by atoms with Crippen LogP contribution in [0.4, 0.5) is 8.78 Å². The van der Waals surface area contributed by atoms with Gasteiger partial charge in [0, 0.05) is 0 Å². The second-order valence-corrected chi connectivity index (χ2v) is 8.87. The van der Waals surface area contributed by atoms with Crippen molar-refractivity contribution in [1.82, 2.24) is 10.4 Å². The van der Waals surface area contributed by atoms with Gasteiger partial charge in [0.25, 0.3) is 11.8 Å². The minimum Gasteiger partial charge on any atom is -0.435 e. The first-order chi connectivity index (χ1) is 16.4. The molecule has 0 radical (unpaired) electrons. The second kappa shape index (κ2) is 10.6. The van der Waals surface area contributed by atoms with E-state index in [9.17, 15) is 18.4 Å². The quantitative estimate of drug-likeness (QED) is 0.353. The number of ether oxygens (including phenoxy) is 1. The lowest BCUT2D eigenvalue weighted by Gasteiger charge is -2.22. The lowest BCUT2D eigenvalue weighted by atomic mass is 9.91. The number of hydrogen-bond acceptors (Lipinski definition) is 5. The van der Waals surface area contributed by atoms with E-state index in [1.165, 1.54) is 12.1 Å². The Bertz CT molecular complexity index is 1180. The molecule has 3 aromatic carbocycles. The summed E-state index contributed by atoms with van der Waals surface area (Å²) < 4.78 is 29.2. The maximum absolute atomic E-state index is 13.3. The summed E-state index contributed by atoms with van der Waals surface area (Å²) in [5.41, 5.74) is 4.81. The normalized spacial score (nSPS) is 14.8. The maximum atomic E-state index is 13.3. The summed E-state index contributed by atoms with van der Waals surface area (Å²) in [6.45, 7) is -2.92. The zero-order chi connectivity index (χ0) is 24.1. The van der Waals surface area contributed by atoms with Crippen molar-refractivity contribution >= 4 is 46.2 Å². The van der Waals surface area contributed by atoms with E-state index in [0.29, 0.717) is 10.5 Å². The third-order valence-electron chi connectivity index (χ3n) is 4.95. The first-order valence-corrected chi connectivity index (χ1v) is 11.4. The molecule has 1 heterocycles. The van der Waals surface area contributed by atoms with Crippen molar-refractivity contribution in [2.45, 2.75) is 12.5 Å². The van der Waals surface area contributed by atoms with Crippen LogP contribution in [0.3, 0.4) is 0 Å². The number of nitrogens with zero attached hydrogens (tertiary/aromatic N) is 1. The number of thiocarbonyl (C=S) groups is 1. The van der Waals surface area contributed by atoms with Crippen molar-refractivity contribution in [3.8, 4) is 5.75 Å². The minimum atomic E-state index is -2.92. The third kappa shape index (κ3) is 5.49. The van der Waals surface area contributed by atoms with Crippen molar-refractivity contribution in [2.24, 2.45) is 0 Å². The van der Waals surface area contributed by atoms with Crippen LogP contribution in [0.2, 0.25) is 0 Å². The molecule has 0 aromatic heterocycles. The summed E-state index contributed by atoms with van der Waals surface area (Å²) in [5, 5.41) is 1.06. The zero-order valence-electron chi connectivity index (χ0n) is 17.6. The molecule has 2 amide bonds. The van der Waals surface area contributed by atoms with Gasteiger partial charge in [0.05, 0.1) is 10.8 Å². The molecular weight excluding hydrogens is 478 g/mol. The highest BCUT2D eigenvalue weighted by Gasteiger charge is 2.35. The zero-order valence-corrected chi connectivity index (χ0v) is 19.2. The standard InChI is InChI=1S/C25H18F2N2O3S2/c26-24(27)32-19-13-11-16(12-14-19)15-20-23(31)29(25(33)34-20)28-22(30)21(17-7-3-1-4-8-17)18-9-5-2-6-10-18/h1-15,21,24H,(H,28,30)/b20-15+. The number of alkyl halides is 2. The van der Waals surface area contributed by atoms with E-state index >= 15 is 0 Å². The van der Waals surface area contributed by atoms with Crippen LogP contribution >= 0.6 is 24.0 Å². The Morgan fingerprint density at radius 1 is 0.941 bits per heavy atom. The van der Waals surface area contributed by atoms with Gasteiger partial charge in [0.1, 0.15) is 5.75 Å². The van der Waals surface area contributed by atoms with Gasteiger partial charge in [-0.25, -0.2) is 0 Å². The van der Waals surface area contributed by atoms with Gasteiger partial charge in [0.2, 0.25) is 0 Å². The molecule has 1 aliphatic rings. The van der Waals surface area contributed by atoms with Gasteiger partial charge in [-0.1, -0.05) is 84.6 Å². The number of rotatable bonds is 7. The average Bonchev–Trinajstić information content (AvgIpc) is 3.09. The number of nitrogens with one attached hydrogen (secondary N) is 1. The predicted octanol–water partition coefficient (Wildman–Crippen LogP) is 5.35. The fourth-order valence-electron chi connectivity index (χ4n) is 3.42. The summed E-state index contributed by atoms with van der Waals surface area (Å²) in [6, 6.07) is 24.4. The van der Waals surface area contributed by atoms with Gasteiger partial charge < -0.3 is 4.74 Å². The molecule has 0 bridgehead atoms. The molecule has 4 rings (SSSR count). The molecule has 0 atom stereocenters. The van der Waals surface area contributed by atoms with Crippen molar-refractivity contribution in [3.05, 3.63) is 107 Å². The highest BCUT2D eigenvalue weighted by atomic mass is 32.2. The van der Waals surface area contributed by atoms with E-state index in [4.69, 9.17) is 12.2 Å². The number of carbonyl (C=O) groups is 2. The van der Waals surface area contributed by atoms with Crippen LogP contribution < -0.4 is 10.2 Å². The number of amides is 2. The van der Waals surface area contributed by atoms with Gasteiger partial charge in [0.15, 0.2) is 4.32 Å². The van der Waals surface area contributed by atoms with Gasteiger partial charge in [-0.2, -0.15) is 13.8 Å². The summed E-state index contributed by atoms with van der Waals surface area (Å²) in [5.74, 6) is -1.50. The lowest BCUT2D eigenvalue weighted by Crippen LogP contribution is -2.46. The Morgan fingerprint density at radius 2 is 1.50 bits per heavy atom. The molecule has 34 heavy (non-hydrogen) atoms. The number of carbonyl (C=O) groups excluding carboxylic acids is 2. The van der Waals surface area contributed by atoms with Crippen LogP contribution in [-0.4, -0.2) is 27.8 Å². The Kier molecular flexibility index (Phi) is 7.34. The predicted molar refractivity (Wildman–Crippen MR) is 131 cm³/mol. The van der Waals surface area contributed by atoms with Gasteiger partial charge in [-0.3, -0.25) is 15.0 Å². The molecule has 1 fully saturated rings. The molecule has 1 aliphatic heterocycles. The fraction of sp³-hybridized carbons (Fsp3) is 0.0800. The summed E-state index contributed by atoms with van der Waals surface area (Å²) in [6.07, 6.45) is 1.57. The third-order valence-corrected chi connectivity index (χ3v) is 6.25. The SMILES string of the molecule is O=C(NN1C(=O)/C(=C\c2ccc(OC(F)F)cc2)SC1=S)C(c1ccccc1)c1ccccc1. The summed E-state index contributed by atoms with van der Waals surface area (Å²) in [7, 11) is 0. The van der Waals surface area contributed by atoms with Crippen molar-refractivity contribution < 1.29 is 23.1 Å². The molecule has 0 spiro atoms. The van der Waals surface area contributed by atoms with Gasteiger partial charge >= 0.3 is 6.61 Å². The Morgan fingerprint density at radius 3 is 2.03 bits per heavy atom. The average molecular weight is 497 g/mol. The highest BCUT2D eigenvalue weighted by molar-refractivity contribution is 8.26. The molecule has 1 saturated heterocycles. The molecule has 9 heteroatoms. The van der Waals surface area contributed by atoms with Crippen molar-refractivity contribution in [1.29, 1.82) is 0 Å². The highest BCUT2D eigenvalue weighted by Crippen LogP contribution is 2.33. The van der Waals surface area contributed by atoms with Crippen molar-refractivity contribution in [3.63, 3.8) is 0 Å². The van der Waals surface area contributed by atoms with Crippen LogP contribution in [0.1, 0.15) is 22.6 Å². The molecule has 0 aliphatic carbocycles. The van der Waals surface area contributed by atoms with Gasteiger partial charge in [-0.15, -0.1) is 0 Å². The van der Waals surface area contributed by atoms with E-state index < -0.39 is 24.3 Å². The number of hydrogen-bond donors (Lipinski definition) is 1. The number of thioether (sulfide) groups is 1. The molecule has 172 valence electrons. The molecule has 1 N–H and O–H groups in total.